The van der Waals surface area contributed by atoms with E-state index in [1.54, 1.807) is 0 Å². The number of nitriles is 1. The zero-order valence-corrected chi connectivity index (χ0v) is 10.6. The first-order valence-electron chi connectivity index (χ1n) is 6.10. The first-order valence-corrected chi connectivity index (χ1v) is 6.48. The van der Waals surface area contributed by atoms with Gasteiger partial charge in [-0.1, -0.05) is 55.1 Å². The second-order valence-corrected chi connectivity index (χ2v) is 5.15. The number of rotatable bonds is 2. The van der Waals surface area contributed by atoms with E-state index in [-0.39, 0.29) is 5.41 Å². The third-order valence-electron chi connectivity index (χ3n) is 3.43. The molecule has 17 heavy (non-hydrogen) atoms. The van der Waals surface area contributed by atoms with Gasteiger partial charge in [0.05, 0.1) is 11.5 Å². The van der Waals surface area contributed by atoms with Crippen molar-refractivity contribution in [3.05, 3.63) is 40.9 Å². The maximum absolute atomic E-state index is 9.34. The summed E-state index contributed by atoms with van der Waals surface area (Å²) >= 11 is 5.84. The van der Waals surface area contributed by atoms with Crippen LogP contribution >= 0.6 is 11.6 Å². The summed E-state index contributed by atoms with van der Waals surface area (Å²) in [7, 11) is 0. The van der Waals surface area contributed by atoms with Crippen LogP contribution in [0.2, 0.25) is 5.02 Å². The van der Waals surface area contributed by atoms with Crippen LogP contribution < -0.4 is 0 Å². The van der Waals surface area contributed by atoms with Crippen molar-refractivity contribution >= 4 is 17.7 Å². The number of hydrogen-bond acceptors (Lipinski definition) is 1. The summed E-state index contributed by atoms with van der Waals surface area (Å²) in [5, 5.41) is 10.1. The molecule has 1 fully saturated rings. The zero-order valence-electron chi connectivity index (χ0n) is 9.82. The average molecular weight is 246 g/mol. The molecular weight excluding hydrogens is 230 g/mol. The molecule has 1 aliphatic rings. The summed E-state index contributed by atoms with van der Waals surface area (Å²) in [6, 6.07) is 10.2. The lowest BCUT2D eigenvalue weighted by Crippen LogP contribution is -2.18. The fourth-order valence-corrected chi connectivity index (χ4v) is 2.45. The van der Waals surface area contributed by atoms with Gasteiger partial charge in [-0.15, -0.1) is 0 Å². The molecule has 0 N–H and O–H groups in total. The minimum atomic E-state index is -0.238. The fraction of sp³-hybridized carbons (Fsp3) is 0.400. The summed E-state index contributed by atoms with van der Waals surface area (Å²) < 4.78 is 0. The second-order valence-electron chi connectivity index (χ2n) is 4.71. The highest BCUT2D eigenvalue weighted by Gasteiger charge is 2.28. The van der Waals surface area contributed by atoms with Crippen LogP contribution in [0.25, 0.3) is 6.08 Å². The molecule has 2 heteroatoms. The van der Waals surface area contributed by atoms with Crippen LogP contribution in [0.3, 0.4) is 0 Å². The minimum absolute atomic E-state index is 0.238. The van der Waals surface area contributed by atoms with Gasteiger partial charge >= 0.3 is 0 Å². The Morgan fingerprint density at radius 1 is 1.12 bits per heavy atom. The molecule has 1 nitrogen and oxygen atoms in total. The van der Waals surface area contributed by atoms with Crippen molar-refractivity contribution in [2.24, 2.45) is 5.41 Å². The lowest BCUT2D eigenvalue weighted by atomic mass is 9.75. The molecule has 88 valence electrons. The highest BCUT2D eigenvalue weighted by molar-refractivity contribution is 6.30. The summed E-state index contributed by atoms with van der Waals surface area (Å²) in [6.45, 7) is 0. The first kappa shape index (κ1) is 12.2. The quantitative estimate of drug-likeness (QED) is 0.732. The molecule has 1 saturated carbocycles. The highest BCUT2D eigenvalue weighted by Crippen LogP contribution is 2.37. The zero-order chi connectivity index (χ0) is 12.1. The van der Waals surface area contributed by atoms with E-state index in [1.165, 1.54) is 19.3 Å². The SMILES string of the molecule is N#CC1(C=Cc2ccc(Cl)cc2)CCCCC1. The predicted molar refractivity (Wildman–Crippen MR) is 71.6 cm³/mol. The maximum atomic E-state index is 9.34. The Labute approximate surface area is 108 Å². The lowest BCUT2D eigenvalue weighted by Gasteiger charge is -2.27. The smallest absolute Gasteiger partial charge is 0.0756 e. The molecule has 0 unspecified atom stereocenters. The van der Waals surface area contributed by atoms with Gasteiger partial charge in [0.1, 0.15) is 0 Å². The van der Waals surface area contributed by atoms with Gasteiger partial charge in [-0.25, -0.2) is 0 Å². The average Bonchev–Trinajstić information content (AvgIpc) is 2.39. The van der Waals surface area contributed by atoms with Crippen LogP contribution in [-0.4, -0.2) is 0 Å². The molecule has 1 aromatic rings. The Balaban J connectivity index is 2.13. The van der Waals surface area contributed by atoms with Crippen LogP contribution in [0.15, 0.2) is 30.3 Å². The third-order valence-corrected chi connectivity index (χ3v) is 3.69. The van der Waals surface area contributed by atoms with Crippen LogP contribution in [-0.2, 0) is 0 Å². The molecule has 0 heterocycles. The second kappa shape index (κ2) is 5.38. The van der Waals surface area contributed by atoms with E-state index >= 15 is 0 Å². The van der Waals surface area contributed by atoms with Gasteiger partial charge in [0.25, 0.3) is 0 Å². The summed E-state index contributed by atoms with van der Waals surface area (Å²) in [5.41, 5.74) is 0.868. The predicted octanol–water partition coefficient (Wildman–Crippen LogP) is 4.83. The van der Waals surface area contributed by atoms with Gasteiger partial charge in [-0.2, -0.15) is 5.26 Å². The van der Waals surface area contributed by atoms with E-state index in [0.29, 0.717) is 0 Å². The van der Waals surface area contributed by atoms with Crippen molar-refractivity contribution < 1.29 is 0 Å². The van der Waals surface area contributed by atoms with Crippen molar-refractivity contribution in [2.75, 3.05) is 0 Å². The Bertz CT molecular complexity index is 433. The fourth-order valence-electron chi connectivity index (χ4n) is 2.33. The van der Waals surface area contributed by atoms with Crippen molar-refractivity contribution in [1.82, 2.24) is 0 Å². The number of benzene rings is 1. The molecular formula is C15H16ClN. The summed E-state index contributed by atoms with van der Waals surface area (Å²) in [5.74, 6) is 0. The van der Waals surface area contributed by atoms with E-state index in [2.05, 4.69) is 12.1 Å². The van der Waals surface area contributed by atoms with Crippen LogP contribution in [0.1, 0.15) is 37.7 Å². The molecule has 2 rings (SSSR count). The number of allylic oxidation sites excluding steroid dienone is 1. The van der Waals surface area contributed by atoms with Gasteiger partial charge in [-0.05, 0) is 30.5 Å². The normalized spacial score (nSPS) is 19.1. The minimum Gasteiger partial charge on any atom is -0.197 e. The van der Waals surface area contributed by atoms with Crippen molar-refractivity contribution in [2.45, 2.75) is 32.1 Å². The van der Waals surface area contributed by atoms with E-state index in [9.17, 15) is 5.26 Å². The molecule has 1 aliphatic carbocycles. The molecule has 0 aromatic heterocycles. The number of hydrogen-bond donors (Lipinski definition) is 0. The van der Waals surface area contributed by atoms with E-state index in [1.807, 2.05) is 30.3 Å². The third kappa shape index (κ3) is 3.11. The summed E-state index contributed by atoms with van der Waals surface area (Å²) in [4.78, 5) is 0. The van der Waals surface area contributed by atoms with Crippen molar-refractivity contribution in [1.29, 1.82) is 5.26 Å². The Morgan fingerprint density at radius 2 is 1.76 bits per heavy atom. The topological polar surface area (TPSA) is 23.8 Å². The molecule has 0 aliphatic heterocycles. The van der Waals surface area contributed by atoms with Crippen molar-refractivity contribution in [3.63, 3.8) is 0 Å². The highest BCUT2D eigenvalue weighted by atomic mass is 35.5. The first-order chi connectivity index (χ1) is 8.24. The van der Waals surface area contributed by atoms with Crippen LogP contribution in [0.5, 0.6) is 0 Å². The molecule has 0 bridgehead atoms. The number of halogens is 1. The Morgan fingerprint density at radius 3 is 2.35 bits per heavy atom. The van der Waals surface area contributed by atoms with Crippen LogP contribution in [0.4, 0.5) is 0 Å². The van der Waals surface area contributed by atoms with Gasteiger partial charge < -0.3 is 0 Å². The Kier molecular flexibility index (Phi) is 3.86. The molecule has 0 amide bonds. The van der Waals surface area contributed by atoms with Gasteiger partial charge in [0, 0.05) is 5.02 Å². The standard InChI is InChI=1S/C15H16ClN/c16-14-6-4-13(5-7-14)8-11-15(12-17)9-2-1-3-10-15/h4-8,11H,1-3,9-10H2. The molecule has 1 aromatic carbocycles. The molecule has 0 spiro atoms. The van der Waals surface area contributed by atoms with Gasteiger partial charge in [0.15, 0.2) is 0 Å². The van der Waals surface area contributed by atoms with E-state index < -0.39 is 0 Å². The largest absolute Gasteiger partial charge is 0.197 e. The molecule has 0 saturated heterocycles. The maximum Gasteiger partial charge on any atom is 0.0756 e. The van der Waals surface area contributed by atoms with Gasteiger partial charge in [-0.3, -0.25) is 0 Å². The number of nitrogens with zero attached hydrogens (tertiary/aromatic N) is 1. The monoisotopic (exact) mass is 245 g/mol. The Hall–Kier alpha value is -1.26. The van der Waals surface area contributed by atoms with E-state index in [0.717, 1.165) is 23.4 Å². The van der Waals surface area contributed by atoms with E-state index in [4.69, 9.17) is 11.6 Å². The van der Waals surface area contributed by atoms with Crippen LogP contribution in [0, 0.1) is 16.7 Å². The summed E-state index contributed by atoms with van der Waals surface area (Å²) in [6.07, 6.45) is 9.71. The molecule has 0 atom stereocenters. The molecule has 0 radical (unpaired) electrons. The van der Waals surface area contributed by atoms with Gasteiger partial charge in [0.2, 0.25) is 0 Å². The lowest BCUT2D eigenvalue weighted by molar-refractivity contribution is 0.337. The van der Waals surface area contributed by atoms with Crippen molar-refractivity contribution in [3.8, 4) is 6.07 Å².